The molecule has 0 bridgehead atoms. The smallest absolute Gasteiger partial charge is 0.306 e. The molecule has 192 valence electrons. The highest BCUT2D eigenvalue weighted by Crippen LogP contribution is 2.72. The lowest BCUT2D eigenvalue weighted by Gasteiger charge is -2.62. The first kappa shape index (κ1) is 26.0. The molecule has 4 aliphatic carbocycles. The van der Waals surface area contributed by atoms with Crippen LogP contribution in [0.5, 0.6) is 0 Å². The van der Waals surface area contributed by atoms with Crippen LogP contribution >= 0.6 is 0 Å². The van der Waals surface area contributed by atoms with E-state index in [0.29, 0.717) is 11.8 Å². The van der Waals surface area contributed by atoms with Gasteiger partial charge in [-0.2, -0.15) is 0 Å². The molecular weight excluding hydrogens is 420 g/mol. The Hall–Kier alpha value is -1.09. The molecular formula is C31H50O3. The van der Waals surface area contributed by atoms with Crippen molar-refractivity contribution in [2.45, 2.75) is 119 Å². The Kier molecular flexibility index (Phi) is 6.49. The lowest BCUT2D eigenvalue weighted by molar-refractivity contribution is -0.146. The van der Waals surface area contributed by atoms with Crippen molar-refractivity contribution in [3.63, 3.8) is 0 Å². The van der Waals surface area contributed by atoms with E-state index in [9.17, 15) is 15.0 Å². The first-order valence-corrected chi connectivity index (χ1v) is 14.0. The molecule has 0 aromatic rings. The molecule has 4 aliphatic rings. The second-order valence-corrected chi connectivity index (χ2v) is 14.0. The number of rotatable bonds is 6. The van der Waals surface area contributed by atoms with E-state index >= 15 is 0 Å². The van der Waals surface area contributed by atoms with Crippen LogP contribution in [0.3, 0.4) is 0 Å². The van der Waals surface area contributed by atoms with E-state index in [1.807, 2.05) is 0 Å². The third-order valence-electron chi connectivity index (χ3n) is 12.2. The number of hydrogen-bond donors (Lipinski definition) is 2. The van der Waals surface area contributed by atoms with Crippen molar-refractivity contribution in [3.05, 3.63) is 23.3 Å². The Morgan fingerprint density at radius 3 is 2.29 bits per heavy atom. The van der Waals surface area contributed by atoms with Crippen LogP contribution in [0.1, 0.15) is 113 Å². The molecule has 4 rings (SSSR count). The Labute approximate surface area is 208 Å². The zero-order valence-electron chi connectivity index (χ0n) is 23.0. The van der Waals surface area contributed by atoms with Gasteiger partial charge in [-0.3, -0.25) is 4.79 Å². The zero-order valence-corrected chi connectivity index (χ0v) is 23.0. The van der Waals surface area contributed by atoms with Crippen molar-refractivity contribution >= 4 is 5.97 Å². The van der Waals surface area contributed by atoms with Crippen molar-refractivity contribution < 1.29 is 15.0 Å². The number of aliphatic hydroxyl groups is 1. The second kappa shape index (κ2) is 8.49. The van der Waals surface area contributed by atoms with Gasteiger partial charge in [0, 0.05) is 0 Å². The standard InChI is InChI=1S/C31H50O3/c1-19(2)20(3)9-10-21(27(33)34)22-13-17-31(8)24-11-12-25-28(4,5)26(32)15-16-29(25,6)23(24)14-18-30(22,31)7/h19,21-22,25-26,32H,3,9-18H2,1-2,4-8H3,(H,33,34)/t21-,22-,25?,26-,29-,30-,31+/m1/s1. The van der Waals surface area contributed by atoms with E-state index in [-0.39, 0.29) is 39.6 Å². The second-order valence-electron chi connectivity index (χ2n) is 14.0. The van der Waals surface area contributed by atoms with Crippen LogP contribution < -0.4 is 0 Å². The summed E-state index contributed by atoms with van der Waals surface area (Å²) in [6.45, 7) is 20.5. The lowest BCUT2D eigenvalue weighted by Crippen LogP contribution is -2.55. The average Bonchev–Trinajstić information content (AvgIpc) is 3.02. The SMILES string of the molecule is C=C(CC[C@@H](C(=O)O)[C@H]1CC[C@@]2(C)C3=C(CC[C@]12C)[C@@]1(C)CC[C@@H](O)C(C)(C)C1CC3)C(C)C. The highest BCUT2D eigenvalue weighted by Gasteiger charge is 2.64. The number of carbonyl (C=O) groups is 1. The highest BCUT2D eigenvalue weighted by molar-refractivity contribution is 5.70. The number of hydrogen-bond acceptors (Lipinski definition) is 2. The first-order chi connectivity index (χ1) is 15.7. The number of allylic oxidation sites excluding steroid dienone is 3. The fourth-order valence-electron chi connectivity index (χ4n) is 9.49. The molecule has 0 amide bonds. The molecule has 3 nitrogen and oxygen atoms in total. The van der Waals surface area contributed by atoms with Crippen molar-refractivity contribution in [2.24, 2.45) is 45.3 Å². The van der Waals surface area contributed by atoms with Crippen LogP contribution in [0, 0.1) is 45.3 Å². The van der Waals surface area contributed by atoms with Gasteiger partial charge in [-0.25, -0.2) is 0 Å². The van der Waals surface area contributed by atoms with E-state index in [4.69, 9.17) is 0 Å². The molecule has 3 heteroatoms. The van der Waals surface area contributed by atoms with Crippen LogP contribution in [0.2, 0.25) is 0 Å². The van der Waals surface area contributed by atoms with Gasteiger partial charge < -0.3 is 10.2 Å². The molecule has 7 atom stereocenters. The minimum atomic E-state index is -0.606. The molecule has 2 N–H and O–H groups in total. The molecule has 0 radical (unpaired) electrons. The van der Waals surface area contributed by atoms with E-state index in [0.717, 1.165) is 64.2 Å². The number of fused-ring (bicyclic) bond motifs is 4. The fraction of sp³-hybridized carbons (Fsp3) is 0.839. The first-order valence-electron chi connectivity index (χ1n) is 14.0. The van der Waals surface area contributed by atoms with E-state index < -0.39 is 5.97 Å². The summed E-state index contributed by atoms with van der Waals surface area (Å²) in [5.74, 6) is 0.293. The molecule has 2 fully saturated rings. The van der Waals surface area contributed by atoms with Crippen molar-refractivity contribution in [1.29, 1.82) is 0 Å². The lowest BCUT2D eigenvalue weighted by atomic mass is 9.43. The van der Waals surface area contributed by atoms with Gasteiger partial charge in [0.1, 0.15) is 0 Å². The summed E-state index contributed by atoms with van der Waals surface area (Å²) in [6, 6.07) is 0. The fourth-order valence-corrected chi connectivity index (χ4v) is 9.49. The molecule has 0 spiro atoms. The number of aliphatic hydroxyl groups excluding tert-OH is 1. The van der Waals surface area contributed by atoms with Gasteiger partial charge in [0.05, 0.1) is 12.0 Å². The summed E-state index contributed by atoms with van der Waals surface area (Å²) in [4.78, 5) is 12.5. The summed E-state index contributed by atoms with van der Waals surface area (Å²) >= 11 is 0. The van der Waals surface area contributed by atoms with Crippen LogP contribution in [0.25, 0.3) is 0 Å². The third-order valence-corrected chi connectivity index (χ3v) is 12.2. The Morgan fingerprint density at radius 1 is 1.00 bits per heavy atom. The van der Waals surface area contributed by atoms with Gasteiger partial charge in [-0.1, -0.05) is 71.8 Å². The maximum Gasteiger partial charge on any atom is 0.306 e. The third kappa shape index (κ3) is 3.58. The van der Waals surface area contributed by atoms with Gasteiger partial charge in [0.2, 0.25) is 0 Å². The van der Waals surface area contributed by atoms with Crippen LogP contribution in [-0.2, 0) is 4.79 Å². The van der Waals surface area contributed by atoms with Crippen LogP contribution in [0.15, 0.2) is 23.3 Å². The van der Waals surface area contributed by atoms with Gasteiger partial charge in [-0.05, 0) is 104 Å². The highest BCUT2D eigenvalue weighted by atomic mass is 16.4. The predicted octanol–water partition coefficient (Wildman–Crippen LogP) is 7.79. The topological polar surface area (TPSA) is 57.5 Å². The molecule has 0 aliphatic heterocycles. The van der Waals surface area contributed by atoms with E-state index in [1.165, 1.54) is 5.57 Å². The zero-order chi connectivity index (χ0) is 25.3. The number of aliphatic carboxylic acids is 1. The minimum Gasteiger partial charge on any atom is -0.481 e. The largest absolute Gasteiger partial charge is 0.481 e. The van der Waals surface area contributed by atoms with Crippen molar-refractivity contribution in [2.75, 3.05) is 0 Å². The Bertz CT molecular complexity index is 881. The molecule has 0 aromatic heterocycles. The van der Waals surface area contributed by atoms with Crippen LogP contribution in [-0.4, -0.2) is 22.3 Å². The summed E-state index contributed by atoms with van der Waals surface area (Å²) in [6.07, 6.45) is 9.98. The van der Waals surface area contributed by atoms with E-state index in [2.05, 4.69) is 55.0 Å². The molecule has 0 saturated heterocycles. The Morgan fingerprint density at radius 2 is 1.68 bits per heavy atom. The van der Waals surface area contributed by atoms with Crippen molar-refractivity contribution in [3.8, 4) is 0 Å². The van der Waals surface area contributed by atoms with Gasteiger partial charge >= 0.3 is 5.97 Å². The van der Waals surface area contributed by atoms with Gasteiger partial charge in [0.15, 0.2) is 0 Å². The molecule has 0 heterocycles. The minimum absolute atomic E-state index is 0.0426. The average molecular weight is 471 g/mol. The predicted molar refractivity (Wildman–Crippen MR) is 139 cm³/mol. The van der Waals surface area contributed by atoms with Gasteiger partial charge in [-0.15, -0.1) is 0 Å². The summed E-state index contributed by atoms with van der Waals surface area (Å²) in [5, 5.41) is 21.1. The van der Waals surface area contributed by atoms with Crippen molar-refractivity contribution in [1.82, 2.24) is 0 Å². The van der Waals surface area contributed by atoms with Gasteiger partial charge in [0.25, 0.3) is 0 Å². The monoisotopic (exact) mass is 470 g/mol. The number of carboxylic acid groups (broad SMARTS) is 1. The summed E-state index contributed by atoms with van der Waals surface area (Å²) in [7, 11) is 0. The summed E-state index contributed by atoms with van der Waals surface area (Å²) < 4.78 is 0. The molecule has 0 aromatic carbocycles. The number of carboxylic acids is 1. The normalized spacial score (nSPS) is 42.1. The Balaban J connectivity index is 1.67. The van der Waals surface area contributed by atoms with Crippen LogP contribution in [0.4, 0.5) is 0 Å². The van der Waals surface area contributed by atoms with E-state index in [1.54, 1.807) is 11.1 Å². The maximum absolute atomic E-state index is 12.5. The summed E-state index contributed by atoms with van der Waals surface area (Å²) in [5.41, 5.74) is 4.84. The molecule has 34 heavy (non-hydrogen) atoms. The molecule has 1 unspecified atom stereocenters. The molecule has 2 saturated carbocycles. The quantitative estimate of drug-likeness (QED) is 0.389. The maximum atomic E-state index is 12.5.